The maximum Gasteiger partial charge on any atom is 0.226 e. The van der Waals surface area contributed by atoms with Gasteiger partial charge in [0.25, 0.3) is 0 Å². The van der Waals surface area contributed by atoms with Crippen LogP contribution in [0.1, 0.15) is 13.3 Å². The number of hydrogen-bond donors (Lipinski definition) is 2. The summed E-state index contributed by atoms with van der Waals surface area (Å²) in [7, 11) is 0. The Morgan fingerprint density at radius 3 is 2.47 bits per heavy atom. The van der Waals surface area contributed by atoms with E-state index in [1.165, 1.54) is 0 Å². The van der Waals surface area contributed by atoms with E-state index >= 15 is 0 Å². The van der Waals surface area contributed by atoms with E-state index < -0.39 is 0 Å². The fourth-order valence-electron chi connectivity index (χ4n) is 1.63. The van der Waals surface area contributed by atoms with Crippen molar-refractivity contribution in [2.75, 3.05) is 5.32 Å². The molecule has 5 heteroatoms. The van der Waals surface area contributed by atoms with Crippen LogP contribution in [0.5, 0.6) is 0 Å². The molecule has 1 atom stereocenters. The fourth-order valence-corrected chi connectivity index (χ4v) is 1.63. The molecule has 98 valence electrons. The molecule has 0 saturated carbocycles. The lowest BCUT2D eigenvalue weighted by Gasteiger charge is -2.07. The van der Waals surface area contributed by atoms with Gasteiger partial charge in [0, 0.05) is 18.0 Å². The number of amides is 1. The van der Waals surface area contributed by atoms with Gasteiger partial charge in [-0.3, -0.25) is 4.79 Å². The van der Waals surface area contributed by atoms with Gasteiger partial charge in [-0.2, -0.15) is 0 Å². The van der Waals surface area contributed by atoms with Crippen LogP contribution in [0.4, 0.5) is 5.69 Å². The van der Waals surface area contributed by atoms with Crippen LogP contribution in [0.25, 0.3) is 11.4 Å². The molecule has 1 amide bonds. The lowest BCUT2D eigenvalue weighted by molar-refractivity contribution is -0.116. The van der Waals surface area contributed by atoms with Crippen molar-refractivity contribution in [1.29, 1.82) is 0 Å². The van der Waals surface area contributed by atoms with Crippen molar-refractivity contribution >= 4 is 11.6 Å². The highest BCUT2D eigenvalue weighted by atomic mass is 16.1. The number of hydrogen-bond acceptors (Lipinski definition) is 4. The summed E-state index contributed by atoms with van der Waals surface area (Å²) in [6.45, 7) is 1.79. The van der Waals surface area contributed by atoms with Crippen molar-refractivity contribution in [2.45, 2.75) is 19.4 Å². The first kappa shape index (κ1) is 13.2. The number of nitrogens with zero attached hydrogens (tertiary/aromatic N) is 2. The van der Waals surface area contributed by atoms with E-state index in [1.54, 1.807) is 19.3 Å². The molecular formula is C14H16N4O. The molecule has 0 aliphatic heterocycles. The minimum atomic E-state index is -0.162. The number of benzene rings is 1. The molecule has 0 aliphatic rings. The second-order valence-corrected chi connectivity index (χ2v) is 4.39. The standard InChI is InChI=1S/C14H16N4O/c1-10(15)7-13(19)18-12-8-16-14(17-9-12)11-5-3-2-4-6-11/h2-6,8-10H,7,15H2,1H3,(H,18,19). The second-order valence-electron chi connectivity index (χ2n) is 4.39. The van der Waals surface area contributed by atoms with Gasteiger partial charge >= 0.3 is 0 Å². The molecule has 1 aromatic carbocycles. The Balaban J connectivity index is 2.05. The first-order valence-corrected chi connectivity index (χ1v) is 6.08. The molecule has 2 aromatic rings. The maximum absolute atomic E-state index is 11.5. The van der Waals surface area contributed by atoms with Crippen molar-refractivity contribution in [3.05, 3.63) is 42.7 Å². The van der Waals surface area contributed by atoms with Crippen molar-refractivity contribution in [3.63, 3.8) is 0 Å². The highest BCUT2D eigenvalue weighted by Crippen LogP contribution is 2.14. The van der Waals surface area contributed by atoms with E-state index in [9.17, 15) is 4.79 Å². The summed E-state index contributed by atoms with van der Waals surface area (Å²) < 4.78 is 0. The first-order valence-electron chi connectivity index (χ1n) is 6.08. The summed E-state index contributed by atoms with van der Waals surface area (Å²) in [6.07, 6.45) is 3.46. The summed E-state index contributed by atoms with van der Waals surface area (Å²) in [6, 6.07) is 9.50. The minimum absolute atomic E-state index is 0.133. The average Bonchev–Trinajstić information content (AvgIpc) is 2.39. The zero-order chi connectivity index (χ0) is 13.7. The number of nitrogens with one attached hydrogen (secondary N) is 1. The Labute approximate surface area is 111 Å². The van der Waals surface area contributed by atoms with E-state index in [-0.39, 0.29) is 18.4 Å². The molecule has 1 unspecified atom stereocenters. The van der Waals surface area contributed by atoms with E-state index in [2.05, 4.69) is 15.3 Å². The van der Waals surface area contributed by atoms with Crippen LogP contribution in [0.2, 0.25) is 0 Å². The predicted octanol–water partition coefficient (Wildman–Crippen LogP) is 1.82. The normalized spacial score (nSPS) is 11.9. The zero-order valence-corrected chi connectivity index (χ0v) is 10.7. The van der Waals surface area contributed by atoms with Crippen molar-refractivity contribution in [3.8, 4) is 11.4 Å². The predicted molar refractivity (Wildman–Crippen MR) is 74.4 cm³/mol. The molecule has 0 saturated heterocycles. The number of rotatable bonds is 4. The first-order chi connectivity index (χ1) is 9.15. The summed E-state index contributed by atoms with van der Waals surface area (Å²) in [5.41, 5.74) is 7.07. The average molecular weight is 256 g/mol. The maximum atomic E-state index is 11.5. The smallest absolute Gasteiger partial charge is 0.226 e. The van der Waals surface area contributed by atoms with Crippen LogP contribution in [-0.2, 0) is 4.79 Å². The Kier molecular flexibility index (Phi) is 4.20. The summed E-state index contributed by atoms with van der Waals surface area (Å²) in [5, 5.41) is 2.71. The minimum Gasteiger partial charge on any atom is -0.327 e. The van der Waals surface area contributed by atoms with Crippen molar-refractivity contribution in [1.82, 2.24) is 9.97 Å². The van der Waals surface area contributed by atoms with Crippen LogP contribution >= 0.6 is 0 Å². The molecule has 3 N–H and O–H groups in total. The quantitative estimate of drug-likeness (QED) is 0.874. The zero-order valence-electron chi connectivity index (χ0n) is 10.7. The molecule has 1 heterocycles. The molecule has 0 radical (unpaired) electrons. The number of nitrogens with two attached hydrogens (primary N) is 1. The molecular weight excluding hydrogens is 240 g/mol. The van der Waals surface area contributed by atoms with Gasteiger partial charge in [-0.15, -0.1) is 0 Å². The SMILES string of the molecule is CC(N)CC(=O)Nc1cnc(-c2ccccc2)nc1. The molecule has 0 fully saturated rings. The van der Waals surface area contributed by atoms with Gasteiger partial charge in [0.2, 0.25) is 5.91 Å². The van der Waals surface area contributed by atoms with Gasteiger partial charge in [0.15, 0.2) is 5.82 Å². The monoisotopic (exact) mass is 256 g/mol. The molecule has 0 aliphatic carbocycles. The number of anilines is 1. The third-order valence-corrected chi connectivity index (χ3v) is 2.47. The fraction of sp³-hybridized carbons (Fsp3) is 0.214. The Hall–Kier alpha value is -2.27. The van der Waals surface area contributed by atoms with Gasteiger partial charge in [0.05, 0.1) is 18.1 Å². The van der Waals surface area contributed by atoms with Crippen LogP contribution in [-0.4, -0.2) is 21.9 Å². The molecule has 0 spiro atoms. The molecule has 0 bridgehead atoms. The molecule has 1 aromatic heterocycles. The van der Waals surface area contributed by atoms with Crippen LogP contribution in [0.15, 0.2) is 42.7 Å². The van der Waals surface area contributed by atoms with E-state index in [1.807, 2.05) is 30.3 Å². The van der Waals surface area contributed by atoms with Gasteiger partial charge in [0.1, 0.15) is 0 Å². The second kappa shape index (κ2) is 6.06. The van der Waals surface area contributed by atoms with Crippen LogP contribution in [0.3, 0.4) is 0 Å². The van der Waals surface area contributed by atoms with Gasteiger partial charge < -0.3 is 11.1 Å². The lowest BCUT2D eigenvalue weighted by Crippen LogP contribution is -2.24. The highest BCUT2D eigenvalue weighted by molar-refractivity contribution is 5.90. The number of aromatic nitrogens is 2. The summed E-state index contributed by atoms with van der Waals surface area (Å²) >= 11 is 0. The van der Waals surface area contributed by atoms with E-state index in [0.717, 1.165) is 5.56 Å². The van der Waals surface area contributed by atoms with Gasteiger partial charge in [-0.25, -0.2) is 9.97 Å². The Morgan fingerprint density at radius 1 is 1.26 bits per heavy atom. The Bertz CT molecular complexity index is 537. The molecule has 19 heavy (non-hydrogen) atoms. The number of carbonyl (C=O) groups is 1. The summed E-state index contributed by atoms with van der Waals surface area (Å²) in [5.74, 6) is 0.497. The summed E-state index contributed by atoms with van der Waals surface area (Å²) in [4.78, 5) is 20.0. The van der Waals surface area contributed by atoms with Gasteiger partial charge in [-0.1, -0.05) is 30.3 Å². The molecule has 2 rings (SSSR count). The van der Waals surface area contributed by atoms with Crippen molar-refractivity contribution in [2.24, 2.45) is 5.73 Å². The highest BCUT2D eigenvalue weighted by Gasteiger charge is 2.06. The van der Waals surface area contributed by atoms with Crippen molar-refractivity contribution < 1.29 is 4.79 Å². The molecule has 5 nitrogen and oxygen atoms in total. The van der Waals surface area contributed by atoms with Gasteiger partial charge in [-0.05, 0) is 6.92 Å². The third-order valence-electron chi connectivity index (χ3n) is 2.47. The number of carbonyl (C=O) groups excluding carboxylic acids is 1. The largest absolute Gasteiger partial charge is 0.327 e. The van der Waals surface area contributed by atoms with Crippen LogP contribution in [0, 0.1) is 0 Å². The lowest BCUT2D eigenvalue weighted by atomic mass is 10.2. The third kappa shape index (κ3) is 3.86. The van der Waals surface area contributed by atoms with E-state index in [4.69, 9.17) is 5.73 Å². The Morgan fingerprint density at radius 2 is 1.89 bits per heavy atom. The topological polar surface area (TPSA) is 80.9 Å². The van der Waals surface area contributed by atoms with E-state index in [0.29, 0.717) is 11.5 Å². The van der Waals surface area contributed by atoms with Crippen LogP contribution < -0.4 is 11.1 Å².